The number of hydrogen-bond acceptors (Lipinski definition) is 3. The predicted molar refractivity (Wildman–Crippen MR) is 144 cm³/mol. The van der Waals surface area contributed by atoms with E-state index in [1.54, 1.807) is 6.20 Å². The molecule has 1 N–H and O–H groups in total. The lowest BCUT2D eigenvalue weighted by atomic mass is 9.88. The van der Waals surface area contributed by atoms with Crippen molar-refractivity contribution in [3.05, 3.63) is 114 Å². The van der Waals surface area contributed by atoms with Gasteiger partial charge in [0.05, 0.1) is 6.33 Å². The average molecular weight is 480 g/mol. The van der Waals surface area contributed by atoms with Gasteiger partial charge in [-0.05, 0) is 42.4 Å². The minimum atomic E-state index is -0.114. The highest BCUT2D eigenvalue weighted by molar-refractivity contribution is 6.08. The Morgan fingerprint density at radius 1 is 1.03 bits per heavy atom. The number of carbonyl (C=O) groups is 1. The van der Waals surface area contributed by atoms with Gasteiger partial charge in [-0.1, -0.05) is 78.9 Å². The zero-order valence-corrected chi connectivity index (χ0v) is 20.5. The molecule has 0 bridgehead atoms. The number of aryl methyl sites for hydroxylation is 1. The molecule has 6 heteroatoms. The fourth-order valence-electron chi connectivity index (χ4n) is 5.15. The van der Waals surface area contributed by atoms with E-state index in [0.717, 1.165) is 38.1 Å². The highest BCUT2D eigenvalue weighted by atomic mass is 16.2. The first-order valence-corrected chi connectivity index (χ1v) is 12.8. The van der Waals surface area contributed by atoms with Crippen LogP contribution in [0.15, 0.2) is 108 Å². The number of nitrogens with one attached hydrogen (secondary N) is 1. The predicted octanol–water partition coefficient (Wildman–Crippen LogP) is 5.56. The van der Waals surface area contributed by atoms with Crippen LogP contribution >= 0.6 is 0 Å². The smallest absolute Gasteiger partial charge is 0.323 e. The van der Waals surface area contributed by atoms with Crippen LogP contribution in [0.2, 0.25) is 0 Å². The van der Waals surface area contributed by atoms with Crippen LogP contribution in [0.5, 0.6) is 0 Å². The maximum Gasteiger partial charge on any atom is 0.323 e. The maximum atomic E-state index is 13.0. The minimum Gasteiger partial charge on any atom is -0.337 e. The zero-order valence-electron chi connectivity index (χ0n) is 20.5. The van der Waals surface area contributed by atoms with E-state index >= 15 is 0 Å². The average Bonchev–Trinajstić information content (AvgIpc) is 3.56. The van der Waals surface area contributed by atoms with Crippen LogP contribution < -0.4 is 5.32 Å². The van der Waals surface area contributed by atoms with Crippen molar-refractivity contribution < 1.29 is 4.79 Å². The third-order valence-corrected chi connectivity index (χ3v) is 6.94. The van der Waals surface area contributed by atoms with Gasteiger partial charge in [-0.25, -0.2) is 9.78 Å². The molecule has 1 aliphatic heterocycles. The summed E-state index contributed by atoms with van der Waals surface area (Å²) in [7, 11) is 0. The second-order valence-corrected chi connectivity index (χ2v) is 9.32. The molecule has 184 valence electrons. The molecule has 1 fully saturated rings. The number of allylic oxidation sites excluding steroid dienone is 3. The van der Waals surface area contributed by atoms with Gasteiger partial charge in [0.2, 0.25) is 0 Å². The number of carbonyl (C=O) groups excluding carboxylic acids is 1. The SMILES string of the molecule is O=C1NC(=NCCC(c2ccccc2)c2ccccc2)C(C2=CC=CCC2)N1CCCn1ccnc1. The molecule has 0 saturated carbocycles. The molecule has 0 spiro atoms. The molecule has 2 aromatic carbocycles. The third kappa shape index (κ3) is 5.65. The molecule has 1 aliphatic carbocycles. The van der Waals surface area contributed by atoms with E-state index < -0.39 is 0 Å². The fraction of sp³-hybridized carbons (Fsp3) is 0.300. The van der Waals surface area contributed by atoms with Gasteiger partial charge in [-0.15, -0.1) is 0 Å². The first kappa shape index (κ1) is 23.8. The van der Waals surface area contributed by atoms with Crippen molar-refractivity contribution >= 4 is 11.9 Å². The van der Waals surface area contributed by atoms with Crippen LogP contribution in [0.4, 0.5) is 4.79 Å². The largest absolute Gasteiger partial charge is 0.337 e. The standard InChI is InChI=1S/C30H33N5O/c36-30-33-29(32-18-17-27(24-11-4-1-5-12-24)25-13-6-2-7-14-25)28(26-15-8-3-9-16-26)35(30)21-10-20-34-22-19-31-23-34/h1-8,11-15,19,22-23,27-28H,9-10,16-18,20-21H2,(H,32,33,36). The first-order chi connectivity index (χ1) is 17.8. The number of rotatable bonds is 10. The zero-order chi connectivity index (χ0) is 24.6. The normalized spacial score (nSPS) is 18.6. The van der Waals surface area contributed by atoms with Crippen LogP contribution in [-0.2, 0) is 6.54 Å². The van der Waals surface area contributed by atoms with Gasteiger partial charge in [0.15, 0.2) is 0 Å². The van der Waals surface area contributed by atoms with Crippen molar-refractivity contribution in [2.75, 3.05) is 13.1 Å². The van der Waals surface area contributed by atoms with E-state index in [2.05, 4.69) is 89.2 Å². The Morgan fingerprint density at radius 3 is 2.42 bits per heavy atom. The van der Waals surface area contributed by atoms with E-state index in [-0.39, 0.29) is 18.0 Å². The number of aliphatic imine (C=N–C) groups is 1. The van der Waals surface area contributed by atoms with E-state index in [1.807, 2.05) is 22.0 Å². The Morgan fingerprint density at radius 2 is 1.78 bits per heavy atom. The molecule has 36 heavy (non-hydrogen) atoms. The monoisotopic (exact) mass is 479 g/mol. The third-order valence-electron chi connectivity index (χ3n) is 6.94. The van der Waals surface area contributed by atoms with Crippen molar-refractivity contribution in [2.24, 2.45) is 4.99 Å². The summed E-state index contributed by atoms with van der Waals surface area (Å²) >= 11 is 0. The number of amides is 2. The van der Waals surface area contributed by atoms with E-state index in [4.69, 9.17) is 4.99 Å². The van der Waals surface area contributed by atoms with E-state index in [9.17, 15) is 4.79 Å². The Labute approximate surface area is 213 Å². The molecule has 1 saturated heterocycles. The molecular weight excluding hydrogens is 446 g/mol. The number of urea groups is 1. The van der Waals surface area contributed by atoms with Crippen molar-refractivity contribution in [1.29, 1.82) is 0 Å². The molecule has 1 unspecified atom stereocenters. The number of hydrogen-bond donors (Lipinski definition) is 1. The molecule has 3 aromatic rings. The number of imidazole rings is 1. The van der Waals surface area contributed by atoms with Gasteiger partial charge in [-0.3, -0.25) is 10.3 Å². The molecule has 2 heterocycles. The molecule has 5 rings (SSSR count). The fourth-order valence-corrected chi connectivity index (χ4v) is 5.15. The summed E-state index contributed by atoms with van der Waals surface area (Å²) < 4.78 is 2.05. The molecule has 2 amide bonds. The van der Waals surface area contributed by atoms with Gasteiger partial charge >= 0.3 is 6.03 Å². The quantitative estimate of drug-likeness (QED) is 0.414. The maximum absolute atomic E-state index is 13.0. The molecule has 1 atom stereocenters. The number of aromatic nitrogens is 2. The molecular formula is C30H33N5O. The van der Waals surface area contributed by atoms with Crippen molar-refractivity contribution in [1.82, 2.24) is 19.8 Å². The first-order valence-electron chi connectivity index (χ1n) is 12.8. The summed E-state index contributed by atoms with van der Waals surface area (Å²) in [6, 6.07) is 21.1. The summed E-state index contributed by atoms with van der Waals surface area (Å²) in [5.41, 5.74) is 3.83. The van der Waals surface area contributed by atoms with Crippen LogP contribution in [0.25, 0.3) is 0 Å². The Kier molecular flexibility index (Phi) is 7.71. The van der Waals surface area contributed by atoms with Crippen LogP contribution in [-0.4, -0.2) is 45.4 Å². The Bertz CT molecular complexity index is 1180. The van der Waals surface area contributed by atoms with Gasteiger partial charge in [0.1, 0.15) is 11.9 Å². The summed E-state index contributed by atoms with van der Waals surface area (Å²) in [6.45, 7) is 2.15. The summed E-state index contributed by atoms with van der Waals surface area (Å²) in [5.74, 6) is 1.04. The topological polar surface area (TPSA) is 62.5 Å². The summed E-state index contributed by atoms with van der Waals surface area (Å²) in [5, 5.41) is 3.10. The lowest BCUT2D eigenvalue weighted by molar-refractivity contribution is 0.207. The summed E-state index contributed by atoms with van der Waals surface area (Å²) in [4.78, 5) is 24.1. The summed E-state index contributed by atoms with van der Waals surface area (Å²) in [6.07, 6.45) is 15.7. The molecule has 2 aliphatic rings. The van der Waals surface area contributed by atoms with E-state index in [1.165, 1.54) is 16.7 Å². The van der Waals surface area contributed by atoms with Crippen LogP contribution in [0.1, 0.15) is 42.7 Å². The van der Waals surface area contributed by atoms with E-state index in [0.29, 0.717) is 13.1 Å². The highest BCUT2D eigenvalue weighted by Gasteiger charge is 2.38. The number of nitrogens with zero attached hydrogens (tertiary/aromatic N) is 4. The Hall–Kier alpha value is -3.93. The van der Waals surface area contributed by atoms with Gasteiger partial charge in [0, 0.05) is 37.9 Å². The number of amidine groups is 1. The van der Waals surface area contributed by atoms with Gasteiger partial charge < -0.3 is 9.47 Å². The van der Waals surface area contributed by atoms with Gasteiger partial charge in [-0.2, -0.15) is 0 Å². The minimum absolute atomic E-state index is 0.0532. The molecule has 0 radical (unpaired) electrons. The second kappa shape index (κ2) is 11.7. The van der Waals surface area contributed by atoms with Crippen LogP contribution in [0, 0.1) is 0 Å². The highest BCUT2D eigenvalue weighted by Crippen LogP contribution is 2.29. The van der Waals surface area contributed by atoms with Crippen molar-refractivity contribution in [2.45, 2.75) is 44.2 Å². The number of benzene rings is 2. The Balaban J connectivity index is 1.33. The molecule has 6 nitrogen and oxygen atoms in total. The lowest BCUT2D eigenvalue weighted by Crippen LogP contribution is -2.38. The second-order valence-electron chi connectivity index (χ2n) is 9.32. The van der Waals surface area contributed by atoms with Crippen molar-refractivity contribution in [3.63, 3.8) is 0 Å². The van der Waals surface area contributed by atoms with Crippen molar-refractivity contribution in [3.8, 4) is 0 Å². The molecule has 1 aromatic heterocycles. The van der Waals surface area contributed by atoms with Crippen LogP contribution in [0.3, 0.4) is 0 Å². The van der Waals surface area contributed by atoms with Gasteiger partial charge in [0.25, 0.3) is 0 Å². The lowest BCUT2D eigenvalue weighted by Gasteiger charge is -2.26.